The third-order valence-electron chi connectivity index (χ3n) is 6.37. The molecule has 2 aromatic heterocycles. The molecule has 1 fully saturated rings. The predicted molar refractivity (Wildman–Crippen MR) is 143 cm³/mol. The van der Waals surface area contributed by atoms with E-state index in [1.165, 1.54) is 0 Å². The van der Waals surface area contributed by atoms with Gasteiger partial charge in [-0.25, -0.2) is 4.79 Å². The normalized spacial score (nSPS) is 16.9. The first-order valence-electron chi connectivity index (χ1n) is 12.1. The molecular formula is C27H35N3O5S. The van der Waals surface area contributed by atoms with E-state index in [2.05, 4.69) is 11.8 Å². The van der Waals surface area contributed by atoms with Crippen LogP contribution in [-0.2, 0) is 18.3 Å². The molecule has 36 heavy (non-hydrogen) atoms. The monoisotopic (exact) mass is 513 g/mol. The summed E-state index contributed by atoms with van der Waals surface area (Å²) in [6.07, 6.45) is 1.62. The Bertz CT molecular complexity index is 1320. The Balaban J connectivity index is 1.60. The number of hydrogen-bond acceptors (Lipinski definition) is 7. The van der Waals surface area contributed by atoms with E-state index in [0.717, 1.165) is 33.8 Å². The second-order valence-electron chi connectivity index (χ2n) is 10.2. The second kappa shape index (κ2) is 10.1. The van der Waals surface area contributed by atoms with Crippen LogP contribution in [0.15, 0.2) is 35.3 Å². The van der Waals surface area contributed by atoms with Gasteiger partial charge in [-0.1, -0.05) is 6.07 Å². The number of piperazine rings is 1. The summed E-state index contributed by atoms with van der Waals surface area (Å²) < 4.78 is 19.0. The average Bonchev–Trinajstić information content (AvgIpc) is 3.25. The van der Waals surface area contributed by atoms with Crippen LogP contribution in [0, 0.1) is 0 Å². The maximum absolute atomic E-state index is 13.0. The number of aryl methyl sites for hydroxylation is 1. The summed E-state index contributed by atoms with van der Waals surface area (Å²) in [6, 6.07) is 7.99. The van der Waals surface area contributed by atoms with E-state index in [4.69, 9.17) is 14.2 Å². The van der Waals surface area contributed by atoms with E-state index in [1.807, 2.05) is 51.2 Å². The molecule has 0 saturated carbocycles. The van der Waals surface area contributed by atoms with Gasteiger partial charge in [0.1, 0.15) is 5.60 Å². The maximum Gasteiger partial charge on any atom is 0.410 e. The molecule has 1 aliphatic heterocycles. The van der Waals surface area contributed by atoms with Crippen molar-refractivity contribution in [2.45, 2.75) is 45.9 Å². The minimum atomic E-state index is -0.508. The fraction of sp³-hybridized carbons (Fsp3) is 0.481. The number of amides is 1. The fourth-order valence-corrected chi connectivity index (χ4v) is 5.72. The molecule has 8 nitrogen and oxygen atoms in total. The zero-order valence-electron chi connectivity index (χ0n) is 22.1. The molecule has 1 saturated heterocycles. The summed E-state index contributed by atoms with van der Waals surface area (Å²) in [7, 11) is 5.01. The van der Waals surface area contributed by atoms with Crippen molar-refractivity contribution in [3.05, 3.63) is 45.7 Å². The topological polar surface area (TPSA) is 73.2 Å². The van der Waals surface area contributed by atoms with Crippen molar-refractivity contribution in [3.8, 4) is 22.6 Å². The van der Waals surface area contributed by atoms with Crippen LogP contribution in [0.3, 0.4) is 0 Å². The number of thiophene rings is 1. The van der Waals surface area contributed by atoms with Crippen molar-refractivity contribution in [2.75, 3.05) is 33.9 Å². The van der Waals surface area contributed by atoms with Gasteiger partial charge in [-0.3, -0.25) is 9.69 Å². The molecule has 4 rings (SSSR count). The van der Waals surface area contributed by atoms with Gasteiger partial charge in [0.25, 0.3) is 5.56 Å². The molecule has 0 N–H and O–H groups in total. The minimum absolute atomic E-state index is 0.0143. The highest BCUT2D eigenvalue weighted by molar-refractivity contribution is 7.19. The lowest BCUT2D eigenvalue weighted by molar-refractivity contribution is 0.00475. The van der Waals surface area contributed by atoms with Crippen LogP contribution < -0.4 is 15.0 Å². The number of methoxy groups -OCH3 is 2. The highest BCUT2D eigenvalue weighted by atomic mass is 32.1. The van der Waals surface area contributed by atoms with Crippen molar-refractivity contribution >= 4 is 27.5 Å². The number of benzene rings is 1. The molecule has 9 heteroatoms. The second-order valence-corrected chi connectivity index (χ2v) is 11.4. The van der Waals surface area contributed by atoms with E-state index in [9.17, 15) is 9.59 Å². The molecule has 1 aromatic carbocycles. The molecule has 0 bridgehead atoms. The number of fused-ring (bicyclic) bond motifs is 1. The Morgan fingerprint density at radius 3 is 2.47 bits per heavy atom. The number of aromatic nitrogens is 1. The predicted octanol–water partition coefficient (Wildman–Crippen LogP) is 4.73. The number of hydrogen-bond donors (Lipinski definition) is 0. The summed E-state index contributed by atoms with van der Waals surface area (Å²) >= 11 is 1.64. The minimum Gasteiger partial charge on any atom is -0.493 e. The Labute approximate surface area is 216 Å². The first kappa shape index (κ1) is 26.0. The zero-order chi connectivity index (χ0) is 26.2. The van der Waals surface area contributed by atoms with Crippen LogP contribution in [0.25, 0.3) is 21.2 Å². The van der Waals surface area contributed by atoms with E-state index < -0.39 is 5.60 Å². The van der Waals surface area contributed by atoms with Crippen LogP contribution in [0.1, 0.15) is 32.6 Å². The molecule has 0 spiro atoms. The van der Waals surface area contributed by atoms with Crippen molar-refractivity contribution in [1.82, 2.24) is 14.4 Å². The number of carbonyl (C=O) groups excluding carboxylic acids is 1. The van der Waals surface area contributed by atoms with E-state index in [-0.39, 0.29) is 17.7 Å². The first-order valence-corrected chi connectivity index (χ1v) is 12.9. The van der Waals surface area contributed by atoms with E-state index in [1.54, 1.807) is 42.1 Å². The number of pyridine rings is 1. The van der Waals surface area contributed by atoms with Crippen LogP contribution in [0.4, 0.5) is 4.79 Å². The van der Waals surface area contributed by atoms with Crippen molar-refractivity contribution in [3.63, 3.8) is 0 Å². The van der Waals surface area contributed by atoms with Crippen LogP contribution >= 0.6 is 11.3 Å². The summed E-state index contributed by atoms with van der Waals surface area (Å²) in [4.78, 5) is 30.7. The Hall–Kier alpha value is -3.04. The van der Waals surface area contributed by atoms with Gasteiger partial charge in [-0.2, -0.15) is 0 Å². The molecule has 194 valence electrons. The van der Waals surface area contributed by atoms with E-state index >= 15 is 0 Å². The SMILES string of the molecule is COc1ccc(-c2cn(C)c(=O)c3cc(CN4CCN(C(=O)OC(C)(C)C)C[C@H]4C)sc23)cc1OC. The average molecular weight is 514 g/mol. The third-order valence-corrected chi connectivity index (χ3v) is 7.52. The first-order chi connectivity index (χ1) is 17.0. The molecule has 3 heterocycles. The number of rotatable bonds is 5. The lowest BCUT2D eigenvalue weighted by Gasteiger charge is -2.40. The molecule has 1 atom stereocenters. The fourth-order valence-electron chi connectivity index (χ4n) is 4.51. The van der Waals surface area contributed by atoms with Crippen molar-refractivity contribution < 1.29 is 19.0 Å². The van der Waals surface area contributed by atoms with Crippen molar-refractivity contribution in [1.29, 1.82) is 0 Å². The Morgan fingerprint density at radius 1 is 1.11 bits per heavy atom. The summed E-state index contributed by atoms with van der Waals surface area (Å²) in [5.41, 5.74) is 1.42. The quantitative estimate of drug-likeness (QED) is 0.491. The molecule has 0 aliphatic carbocycles. The largest absolute Gasteiger partial charge is 0.493 e. The van der Waals surface area contributed by atoms with Gasteiger partial charge in [-0.05, 0) is 51.5 Å². The van der Waals surface area contributed by atoms with Gasteiger partial charge >= 0.3 is 6.09 Å². The third kappa shape index (κ3) is 5.37. The molecule has 0 radical (unpaired) electrons. The molecular weight excluding hydrogens is 478 g/mol. The van der Waals surface area contributed by atoms with Crippen LogP contribution in [-0.4, -0.2) is 66.0 Å². The number of carbonyl (C=O) groups is 1. The molecule has 0 unspecified atom stereocenters. The van der Waals surface area contributed by atoms with Gasteiger partial charge in [0, 0.05) is 60.6 Å². The highest BCUT2D eigenvalue weighted by Gasteiger charge is 2.30. The molecule has 1 aliphatic rings. The summed E-state index contributed by atoms with van der Waals surface area (Å²) in [6.45, 7) is 10.5. The summed E-state index contributed by atoms with van der Waals surface area (Å²) in [5, 5.41) is 0.713. The Morgan fingerprint density at radius 2 is 1.83 bits per heavy atom. The van der Waals surface area contributed by atoms with Gasteiger partial charge in [0.05, 0.1) is 19.6 Å². The number of nitrogens with zero attached hydrogens (tertiary/aromatic N) is 3. The Kier molecular flexibility index (Phi) is 7.33. The van der Waals surface area contributed by atoms with E-state index in [0.29, 0.717) is 30.0 Å². The lowest BCUT2D eigenvalue weighted by Crippen LogP contribution is -2.53. The lowest BCUT2D eigenvalue weighted by atomic mass is 10.1. The number of ether oxygens (including phenoxy) is 3. The summed E-state index contributed by atoms with van der Waals surface area (Å²) in [5.74, 6) is 1.30. The smallest absolute Gasteiger partial charge is 0.410 e. The molecule has 3 aromatic rings. The van der Waals surface area contributed by atoms with Gasteiger partial charge in [0.2, 0.25) is 0 Å². The van der Waals surface area contributed by atoms with Crippen LogP contribution in [0.2, 0.25) is 0 Å². The van der Waals surface area contributed by atoms with Gasteiger partial charge in [0.15, 0.2) is 11.5 Å². The zero-order valence-corrected chi connectivity index (χ0v) is 22.9. The maximum atomic E-state index is 13.0. The standard InChI is InChI=1S/C27H35N3O5S/c1-17-14-30(26(32)35-27(2,3)4)11-10-29(17)15-19-13-20-24(36-19)21(16-28(5)25(20)31)18-8-9-22(33-6)23(12-18)34-7/h8-9,12-13,16-17H,10-11,14-15H2,1-7H3/t17-/m1/s1. The van der Waals surface area contributed by atoms with Crippen LogP contribution in [0.5, 0.6) is 11.5 Å². The van der Waals surface area contributed by atoms with Gasteiger partial charge in [-0.15, -0.1) is 11.3 Å². The van der Waals surface area contributed by atoms with Crippen molar-refractivity contribution in [2.24, 2.45) is 7.05 Å². The van der Waals surface area contributed by atoms with Gasteiger partial charge < -0.3 is 23.7 Å². The molecule has 1 amide bonds. The highest BCUT2D eigenvalue weighted by Crippen LogP contribution is 2.38.